The Morgan fingerprint density at radius 2 is 1.23 bits per heavy atom. The van der Waals surface area contributed by atoms with Gasteiger partial charge >= 0.3 is 0 Å². The van der Waals surface area contributed by atoms with Crippen molar-refractivity contribution >= 4 is 46.6 Å². The highest BCUT2D eigenvalue weighted by Crippen LogP contribution is 2.33. The van der Waals surface area contributed by atoms with Gasteiger partial charge in [-0.2, -0.15) is 0 Å². The Balaban J connectivity index is 0.000000233. The maximum atomic E-state index is 13.7. The molecule has 312 valence electrons. The number of hydrogen-bond donors (Lipinski definition) is 4. The molecule has 4 N–H and O–H groups in total. The fourth-order valence-corrected chi connectivity index (χ4v) is 6.49. The topological polar surface area (TPSA) is 191 Å². The fraction of sp³-hybridized carbons (Fsp3) is 0.286. The van der Waals surface area contributed by atoms with Gasteiger partial charge in [-0.1, -0.05) is 17.2 Å². The van der Waals surface area contributed by atoms with E-state index in [4.69, 9.17) is 6.42 Å². The van der Waals surface area contributed by atoms with E-state index in [0.29, 0.717) is 45.5 Å². The van der Waals surface area contributed by atoms with Crippen LogP contribution in [0.25, 0.3) is 0 Å². The zero-order chi connectivity index (χ0) is 44.2. The molecule has 6 rings (SSSR count). The number of hydrogen-bond acceptors (Lipinski definition) is 8. The minimum Gasteiger partial charge on any atom is -0.343 e. The average molecular weight is 826 g/mol. The molecule has 0 unspecified atom stereocenters. The molecule has 15 nitrogen and oxygen atoms in total. The van der Waals surface area contributed by atoms with Crippen LogP contribution < -0.4 is 21.3 Å². The number of aromatic nitrogens is 5. The van der Waals surface area contributed by atoms with E-state index in [-0.39, 0.29) is 41.3 Å². The zero-order valence-corrected chi connectivity index (χ0v) is 33.8. The number of carbonyl (C=O) groups is 6. The molecule has 0 radical (unpaired) electrons. The van der Waals surface area contributed by atoms with Crippen molar-refractivity contribution in [1.29, 1.82) is 0 Å². The molecule has 0 spiro atoms. The summed E-state index contributed by atoms with van der Waals surface area (Å²) in [4.78, 5) is 75.3. The first-order valence-corrected chi connectivity index (χ1v) is 18.5. The number of terminal acetylenes is 1. The minimum absolute atomic E-state index is 0.0473. The molecule has 4 amide bonds. The lowest BCUT2D eigenvalue weighted by molar-refractivity contribution is -0.117. The fourth-order valence-electron chi connectivity index (χ4n) is 6.49. The van der Waals surface area contributed by atoms with Crippen molar-refractivity contribution in [2.75, 3.05) is 17.2 Å². The molecule has 2 aromatic carbocycles. The van der Waals surface area contributed by atoms with Crippen LogP contribution in [0.5, 0.6) is 0 Å². The van der Waals surface area contributed by atoms with Gasteiger partial charge in [0, 0.05) is 42.9 Å². The number of Topliss-reactive ketones (excluding diaryl/α,β-unsaturated/α-hetero) is 2. The lowest BCUT2D eigenvalue weighted by Crippen LogP contribution is -2.31. The van der Waals surface area contributed by atoms with Crippen molar-refractivity contribution in [2.24, 2.45) is 14.1 Å². The van der Waals surface area contributed by atoms with Gasteiger partial charge in [-0.05, 0) is 88.4 Å². The van der Waals surface area contributed by atoms with E-state index in [2.05, 4.69) is 37.5 Å². The SMILES string of the molecule is C#CCNC(=O)C(=O)c1c(C)c(C(=O)Nc2ccc(C)c(F)c2)n(C)c1C.Cc1c(C(=O)C(=O)NCc2cn(C3CC3)nn2)c(C)n(C)c1C(=O)Nc1ccc(F)c(F)c1. The van der Waals surface area contributed by atoms with Crippen LogP contribution in [0.1, 0.15) is 94.3 Å². The van der Waals surface area contributed by atoms with Crippen molar-refractivity contribution < 1.29 is 41.9 Å². The summed E-state index contributed by atoms with van der Waals surface area (Å²) in [5.41, 5.74) is 3.48. The Labute approximate surface area is 342 Å². The average Bonchev–Trinajstić information content (AvgIpc) is 3.84. The highest BCUT2D eigenvalue weighted by atomic mass is 19.2. The molecule has 3 aromatic heterocycles. The summed E-state index contributed by atoms with van der Waals surface area (Å²) in [7, 11) is 3.19. The highest BCUT2D eigenvalue weighted by molar-refractivity contribution is 6.44. The van der Waals surface area contributed by atoms with Crippen LogP contribution in [-0.2, 0) is 30.2 Å². The van der Waals surface area contributed by atoms with E-state index >= 15 is 0 Å². The predicted molar refractivity (Wildman–Crippen MR) is 214 cm³/mol. The number of halogens is 3. The highest BCUT2D eigenvalue weighted by Gasteiger charge is 2.30. The summed E-state index contributed by atoms with van der Waals surface area (Å²) in [6, 6.07) is 7.69. The smallest absolute Gasteiger partial charge is 0.293 e. The van der Waals surface area contributed by atoms with Gasteiger partial charge in [0.25, 0.3) is 35.2 Å². The summed E-state index contributed by atoms with van der Waals surface area (Å²) >= 11 is 0. The number of benzene rings is 2. The number of nitrogens with zero attached hydrogens (tertiary/aromatic N) is 5. The molecule has 0 bridgehead atoms. The first kappa shape index (κ1) is 43.8. The van der Waals surface area contributed by atoms with Crippen LogP contribution in [0, 0.1) is 64.4 Å². The van der Waals surface area contributed by atoms with Crippen LogP contribution in [-0.4, -0.2) is 65.9 Å². The minimum atomic E-state index is -1.10. The first-order valence-electron chi connectivity index (χ1n) is 18.5. The van der Waals surface area contributed by atoms with Crippen molar-refractivity contribution in [3.63, 3.8) is 0 Å². The third-order valence-electron chi connectivity index (χ3n) is 10.0. The number of rotatable bonds is 12. The summed E-state index contributed by atoms with van der Waals surface area (Å²) in [6.07, 6.45) is 8.91. The number of nitrogens with one attached hydrogen (secondary N) is 4. The van der Waals surface area contributed by atoms with E-state index in [0.717, 1.165) is 25.0 Å². The van der Waals surface area contributed by atoms with Gasteiger partial charge in [-0.15, -0.1) is 11.5 Å². The van der Waals surface area contributed by atoms with Crippen LogP contribution in [0.15, 0.2) is 42.6 Å². The molecule has 1 aliphatic carbocycles. The summed E-state index contributed by atoms with van der Waals surface area (Å²) in [5.74, 6) is -4.71. The van der Waals surface area contributed by atoms with Crippen LogP contribution in [0.2, 0.25) is 0 Å². The van der Waals surface area contributed by atoms with Crippen molar-refractivity contribution in [2.45, 2.75) is 60.0 Å². The number of aryl methyl sites for hydroxylation is 1. The Bertz CT molecular complexity index is 2610. The lowest BCUT2D eigenvalue weighted by atomic mass is 10.0. The molecule has 0 aliphatic heterocycles. The molecule has 1 fully saturated rings. The molecule has 3 heterocycles. The maximum absolute atomic E-state index is 13.7. The Morgan fingerprint density at radius 1 is 0.733 bits per heavy atom. The van der Waals surface area contributed by atoms with Crippen LogP contribution in [0.4, 0.5) is 24.5 Å². The molecule has 60 heavy (non-hydrogen) atoms. The quantitative estimate of drug-likeness (QED) is 0.0778. The van der Waals surface area contributed by atoms with Gasteiger partial charge in [0.15, 0.2) is 11.6 Å². The summed E-state index contributed by atoms with van der Waals surface area (Å²) < 4.78 is 45.0. The van der Waals surface area contributed by atoms with E-state index in [9.17, 15) is 41.9 Å². The van der Waals surface area contributed by atoms with Gasteiger partial charge in [-0.25, -0.2) is 17.9 Å². The summed E-state index contributed by atoms with van der Waals surface area (Å²) in [5, 5.41) is 18.0. The molecule has 1 saturated carbocycles. The van der Waals surface area contributed by atoms with Crippen LogP contribution >= 0.6 is 0 Å². The van der Waals surface area contributed by atoms with E-state index in [1.807, 2.05) is 0 Å². The number of carbonyl (C=O) groups excluding carboxylic acids is 6. The molecular weight excluding hydrogens is 784 g/mol. The number of ketones is 2. The van der Waals surface area contributed by atoms with Gasteiger partial charge in [0.2, 0.25) is 0 Å². The molecule has 1 aliphatic rings. The first-order chi connectivity index (χ1) is 28.4. The largest absolute Gasteiger partial charge is 0.343 e. The van der Waals surface area contributed by atoms with Crippen LogP contribution in [0.3, 0.4) is 0 Å². The van der Waals surface area contributed by atoms with Gasteiger partial charge in [0.05, 0.1) is 36.5 Å². The van der Waals surface area contributed by atoms with E-state index in [1.165, 1.54) is 21.3 Å². The molecule has 0 saturated heterocycles. The molecule has 0 atom stereocenters. The number of amides is 4. The van der Waals surface area contributed by atoms with Crippen molar-refractivity contribution in [3.8, 4) is 12.3 Å². The molecule has 5 aromatic rings. The van der Waals surface area contributed by atoms with Crippen molar-refractivity contribution in [1.82, 2.24) is 34.8 Å². The lowest BCUT2D eigenvalue weighted by Gasteiger charge is -2.09. The second-order valence-corrected chi connectivity index (χ2v) is 14.1. The Kier molecular flexibility index (Phi) is 13.2. The second-order valence-electron chi connectivity index (χ2n) is 14.1. The normalized spacial score (nSPS) is 11.8. The Morgan fingerprint density at radius 3 is 1.72 bits per heavy atom. The third kappa shape index (κ3) is 9.36. The second kappa shape index (κ2) is 18.1. The van der Waals surface area contributed by atoms with Crippen molar-refractivity contribution in [3.05, 3.63) is 116 Å². The predicted octanol–water partition coefficient (Wildman–Crippen LogP) is 4.87. The van der Waals surface area contributed by atoms with E-state index < -0.39 is 52.6 Å². The van der Waals surface area contributed by atoms with Gasteiger partial charge in [0.1, 0.15) is 22.9 Å². The summed E-state index contributed by atoms with van der Waals surface area (Å²) in [6.45, 7) is 7.98. The molecular formula is C42H42F3N9O6. The van der Waals surface area contributed by atoms with Gasteiger partial charge < -0.3 is 30.4 Å². The number of anilines is 2. The van der Waals surface area contributed by atoms with E-state index in [1.54, 1.807) is 71.7 Å². The Hall–Kier alpha value is -7.29. The molecule has 18 heteroatoms. The monoisotopic (exact) mass is 825 g/mol. The van der Waals surface area contributed by atoms with Gasteiger partial charge in [-0.3, -0.25) is 28.8 Å². The zero-order valence-electron chi connectivity index (χ0n) is 33.8. The maximum Gasteiger partial charge on any atom is 0.293 e. The third-order valence-corrected chi connectivity index (χ3v) is 10.0. The standard InChI is InChI=1S/C22H22F2N6O3.C20H20FN3O3/c1-11-18(20(31)22(33)25-9-14-10-30(28-27-14)15-5-6-15)12(2)29(3)19(11)21(32)26-13-4-7-16(23)17(24)8-13;1-6-9-22-20(27)18(25)16-12(3)17(24(5)13(16)4)19(26)23-14-8-7-11(2)15(21)10-14/h4,7-8,10,15H,5-6,9H2,1-3H3,(H,25,33)(H,26,32);1,7-8,10H,9H2,2-5H3,(H,22,27)(H,23,26).